The molecule has 0 unspecified atom stereocenters. The Morgan fingerprint density at radius 1 is 1.27 bits per heavy atom. The van der Waals surface area contributed by atoms with Crippen molar-refractivity contribution in [3.63, 3.8) is 0 Å². The van der Waals surface area contributed by atoms with E-state index in [4.69, 9.17) is 28.9 Å². The maximum atomic E-state index is 12.7. The monoisotopic (exact) mass is 405 g/mol. The minimum Gasteiger partial charge on any atom is -0.397 e. The first kappa shape index (κ1) is 17.3. The van der Waals surface area contributed by atoms with E-state index < -0.39 is 0 Å². The van der Waals surface area contributed by atoms with Crippen molar-refractivity contribution in [2.75, 3.05) is 11.1 Å². The van der Waals surface area contributed by atoms with Crippen molar-refractivity contribution in [1.82, 2.24) is 4.98 Å². The van der Waals surface area contributed by atoms with Crippen molar-refractivity contribution in [3.05, 3.63) is 50.4 Å². The standard InChI is InChI=1S/C18H13Cl2N3O2S/c19-10-3-1-5-12(14(10)20)22-17(25)16-15(21)9-7-8-11(23-18(9)26-16)4-2-6-13(8)24/h1,3,5,7H,2,4,6,21H2,(H,22,25). The quantitative estimate of drug-likeness (QED) is 0.630. The predicted molar refractivity (Wildman–Crippen MR) is 106 cm³/mol. The van der Waals surface area contributed by atoms with Gasteiger partial charge in [0.05, 0.1) is 27.1 Å². The first-order valence-corrected chi connectivity index (χ1v) is 9.53. The molecule has 1 aromatic carbocycles. The van der Waals surface area contributed by atoms with Gasteiger partial charge in [-0.1, -0.05) is 29.3 Å². The molecule has 0 spiro atoms. The summed E-state index contributed by atoms with van der Waals surface area (Å²) in [5.41, 5.74) is 8.29. The molecule has 1 aliphatic carbocycles. The van der Waals surface area contributed by atoms with Crippen molar-refractivity contribution in [3.8, 4) is 0 Å². The van der Waals surface area contributed by atoms with Gasteiger partial charge in [-0.25, -0.2) is 4.98 Å². The molecule has 4 rings (SSSR count). The number of hydrogen-bond donors (Lipinski definition) is 2. The van der Waals surface area contributed by atoms with Gasteiger partial charge in [-0.15, -0.1) is 11.3 Å². The summed E-state index contributed by atoms with van der Waals surface area (Å²) in [6.45, 7) is 0. The normalized spacial score (nSPS) is 13.7. The summed E-state index contributed by atoms with van der Waals surface area (Å²) < 4.78 is 0. The van der Waals surface area contributed by atoms with Crippen molar-refractivity contribution in [2.45, 2.75) is 19.3 Å². The highest BCUT2D eigenvalue weighted by molar-refractivity contribution is 7.21. The van der Waals surface area contributed by atoms with E-state index in [1.165, 1.54) is 11.3 Å². The number of ketones is 1. The van der Waals surface area contributed by atoms with E-state index in [2.05, 4.69) is 10.3 Å². The molecule has 132 valence electrons. The van der Waals surface area contributed by atoms with E-state index in [1.54, 1.807) is 24.3 Å². The van der Waals surface area contributed by atoms with E-state index in [-0.39, 0.29) is 16.7 Å². The van der Waals surface area contributed by atoms with Gasteiger partial charge in [0.2, 0.25) is 0 Å². The number of amides is 1. The van der Waals surface area contributed by atoms with Gasteiger partial charge in [-0.2, -0.15) is 0 Å². The van der Waals surface area contributed by atoms with Gasteiger partial charge in [0.1, 0.15) is 9.71 Å². The molecule has 26 heavy (non-hydrogen) atoms. The summed E-state index contributed by atoms with van der Waals surface area (Å²) in [5.74, 6) is -0.318. The third-order valence-electron chi connectivity index (χ3n) is 4.32. The Kier molecular flexibility index (Phi) is 4.34. The van der Waals surface area contributed by atoms with Crippen molar-refractivity contribution >= 4 is 67.8 Å². The topological polar surface area (TPSA) is 85.1 Å². The molecule has 0 atom stereocenters. The number of fused-ring (bicyclic) bond motifs is 2. The van der Waals surface area contributed by atoms with Gasteiger partial charge in [0.15, 0.2) is 5.78 Å². The summed E-state index contributed by atoms with van der Waals surface area (Å²) in [5, 5.41) is 3.97. The van der Waals surface area contributed by atoms with Crippen molar-refractivity contribution < 1.29 is 9.59 Å². The maximum absolute atomic E-state index is 12.7. The minimum atomic E-state index is -0.390. The molecule has 0 aliphatic heterocycles. The molecule has 5 nitrogen and oxygen atoms in total. The van der Waals surface area contributed by atoms with Gasteiger partial charge >= 0.3 is 0 Å². The Morgan fingerprint density at radius 2 is 2.08 bits per heavy atom. The number of Topliss-reactive ketones (excluding diaryl/α,β-unsaturated/α-hetero) is 1. The molecule has 0 bridgehead atoms. The first-order valence-electron chi connectivity index (χ1n) is 7.96. The first-order chi connectivity index (χ1) is 12.5. The van der Waals surface area contributed by atoms with Crippen LogP contribution >= 0.6 is 34.5 Å². The molecule has 0 saturated carbocycles. The number of nitrogens with two attached hydrogens (primary N) is 1. The van der Waals surface area contributed by atoms with Gasteiger partial charge in [-0.3, -0.25) is 9.59 Å². The smallest absolute Gasteiger partial charge is 0.267 e. The number of benzene rings is 1. The van der Waals surface area contributed by atoms with Crippen LogP contribution in [0.1, 0.15) is 38.6 Å². The van der Waals surface area contributed by atoms with Gasteiger partial charge in [0, 0.05) is 17.4 Å². The van der Waals surface area contributed by atoms with Gasteiger partial charge in [0.25, 0.3) is 5.91 Å². The number of halogens is 2. The number of nitrogens with zero attached hydrogens (tertiary/aromatic N) is 1. The summed E-state index contributed by atoms with van der Waals surface area (Å²) in [4.78, 5) is 30.3. The number of aryl methyl sites for hydroxylation is 1. The summed E-state index contributed by atoms with van der Waals surface area (Å²) >= 11 is 13.3. The van der Waals surface area contributed by atoms with E-state index in [1.807, 2.05) is 0 Å². The summed E-state index contributed by atoms with van der Waals surface area (Å²) in [6.07, 6.45) is 2.07. The zero-order chi connectivity index (χ0) is 18.4. The van der Waals surface area contributed by atoms with Crippen LogP contribution in [0.3, 0.4) is 0 Å². The fraction of sp³-hybridized carbons (Fsp3) is 0.167. The lowest BCUT2D eigenvalue weighted by molar-refractivity contribution is 0.0970. The van der Waals surface area contributed by atoms with E-state index >= 15 is 0 Å². The molecule has 0 radical (unpaired) electrons. The van der Waals surface area contributed by atoms with Crippen LogP contribution in [-0.4, -0.2) is 16.7 Å². The van der Waals surface area contributed by atoms with E-state index in [0.29, 0.717) is 43.5 Å². The molecule has 1 amide bonds. The Bertz CT molecular complexity index is 1080. The van der Waals surface area contributed by atoms with Gasteiger partial charge in [-0.05, 0) is 31.0 Å². The van der Waals surface area contributed by atoms with Crippen molar-refractivity contribution in [1.29, 1.82) is 0 Å². The highest BCUT2D eigenvalue weighted by Crippen LogP contribution is 2.36. The molecular formula is C18H13Cl2N3O2S. The lowest BCUT2D eigenvalue weighted by atomic mass is 9.94. The van der Waals surface area contributed by atoms with Gasteiger partial charge < -0.3 is 11.1 Å². The number of rotatable bonds is 2. The molecule has 3 N–H and O–H groups in total. The second-order valence-corrected chi connectivity index (χ2v) is 7.80. The largest absolute Gasteiger partial charge is 0.397 e. The lowest BCUT2D eigenvalue weighted by Gasteiger charge is -2.13. The average Bonchev–Trinajstić information content (AvgIpc) is 2.94. The zero-order valence-electron chi connectivity index (χ0n) is 13.4. The third kappa shape index (κ3) is 2.84. The molecule has 0 saturated heterocycles. The van der Waals surface area contributed by atoms with Crippen LogP contribution in [0.4, 0.5) is 11.4 Å². The SMILES string of the molecule is Nc1c(C(=O)Nc2cccc(Cl)c2Cl)sc2nc3c(cc12)C(=O)CCC3. The van der Waals surface area contributed by atoms with Crippen LogP contribution in [0.25, 0.3) is 10.2 Å². The number of pyridine rings is 1. The number of thiophene rings is 1. The predicted octanol–water partition coefficient (Wildman–Crippen LogP) is 4.96. The Morgan fingerprint density at radius 3 is 2.88 bits per heavy atom. The molecular weight excluding hydrogens is 393 g/mol. The number of anilines is 2. The number of nitrogen functional groups attached to an aromatic ring is 1. The summed E-state index contributed by atoms with van der Waals surface area (Å²) in [6, 6.07) is 6.75. The Hall–Kier alpha value is -2.15. The molecule has 0 fully saturated rings. The van der Waals surface area contributed by atoms with Crippen LogP contribution in [-0.2, 0) is 6.42 Å². The highest BCUT2D eigenvalue weighted by Gasteiger charge is 2.24. The van der Waals surface area contributed by atoms with E-state index in [9.17, 15) is 9.59 Å². The average molecular weight is 406 g/mol. The summed E-state index contributed by atoms with van der Waals surface area (Å²) in [7, 11) is 0. The molecule has 2 aromatic heterocycles. The number of nitrogens with one attached hydrogen (secondary N) is 1. The number of carbonyl (C=O) groups is 2. The number of hydrogen-bond acceptors (Lipinski definition) is 5. The molecule has 3 aromatic rings. The van der Waals surface area contributed by atoms with Crippen LogP contribution < -0.4 is 11.1 Å². The number of carbonyl (C=O) groups excluding carboxylic acids is 2. The second kappa shape index (κ2) is 6.54. The van der Waals surface area contributed by atoms with E-state index in [0.717, 1.165) is 18.5 Å². The molecule has 2 heterocycles. The van der Waals surface area contributed by atoms with Crippen molar-refractivity contribution in [2.24, 2.45) is 0 Å². The third-order valence-corrected chi connectivity index (χ3v) is 6.26. The molecule has 8 heteroatoms. The highest BCUT2D eigenvalue weighted by atomic mass is 35.5. The zero-order valence-corrected chi connectivity index (χ0v) is 15.8. The fourth-order valence-electron chi connectivity index (χ4n) is 3.01. The maximum Gasteiger partial charge on any atom is 0.267 e. The van der Waals surface area contributed by atoms with Crippen LogP contribution in [0.5, 0.6) is 0 Å². The molecule has 1 aliphatic rings. The fourth-order valence-corrected chi connectivity index (χ4v) is 4.35. The van der Waals surface area contributed by atoms with Crippen LogP contribution in [0.2, 0.25) is 10.0 Å². The lowest BCUT2D eigenvalue weighted by Crippen LogP contribution is -2.13. The second-order valence-electron chi connectivity index (χ2n) is 6.01. The minimum absolute atomic E-state index is 0.0722. The van der Waals surface area contributed by atoms with Crippen LogP contribution in [0, 0.1) is 0 Å². The Labute approximate surface area is 163 Å². The Balaban J connectivity index is 1.74. The number of aromatic nitrogens is 1. The van der Waals surface area contributed by atoms with Crippen LogP contribution in [0.15, 0.2) is 24.3 Å².